The molecule has 2 aromatic rings. The van der Waals surface area contributed by atoms with Gasteiger partial charge in [0.2, 0.25) is 0 Å². The van der Waals surface area contributed by atoms with Crippen molar-refractivity contribution in [3.63, 3.8) is 0 Å². The molecule has 0 bridgehead atoms. The summed E-state index contributed by atoms with van der Waals surface area (Å²) < 4.78 is 11.2. The van der Waals surface area contributed by atoms with Gasteiger partial charge in [-0.25, -0.2) is 4.90 Å². The Hall–Kier alpha value is -3.28. The molecule has 0 N–H and O–H groups in total. The van der Waals surface area contributed by atoms with Crippen LogP contribution in [0, 0.1) is 11.8 Å². The van der Waals surface area contributed by atoms with Crippen molar-refractivity contribution in [1.29, 1.82) is 0 Å². The molecule has 174 valence electrons. The number of rotatable bonds is 7. The second-order valence-electron chi connectivity index (χ2n) is 9.07. The molecule has 2 aliphatic rings. The van der Waals surface area contributed by atoms with Crippen LogP contribution in [0.4, 0.5) is 5.69 Å². The van der Waals surface area contributed by atoms with Gasteiger partial charge in [-0.05, 0) is 54.5 Å². The highest BCUT2D eigenvalue weighted by Gasteiger charge is 2.44. The summed E-state index contributed by atoms with van der Waals surface area (Å²) in [7, 11) is 1.61. The first-order valence-electron chi connectivity index (χ1n) is 11.7. The van der Waals surface area contributed by atoms with Gasteiger partial charge in [0.05, 0.1) is 25.0 Å². The molecule has 0 aliphatic carbocycles. The van der Waals surface area contributed by atoms with E-state index in [1.165, 1.54) is 4.90 Å². The van der Waals surface area contributed by atoms with Gasteiger partial charge in [-0.2, -0.15) is 0 Å². The van der Waals surface area contributed by atoms with E-state index in [2.05, 4.69) is 18.7 Å². The molecule has 1 saturated heterocycles. The number of para-hydroxylation sites is 2. The summed E-state index contributed by atoms with van der Waals surface area (Å²) in [5.41, 5.74) is 2.12. The highest BCUT2D eigenvalue weighted by molar-refractivity contribution is 6.45. The Balaban J connectivity index is 1.81. The van der Waals surface area contributed by atoms with Crippen molar-refractivity contribution in [2.45, 2.75) is 33.6 Å². The molecule has 2 aliphatic heterocycles. The van der Waals surface area contributed by atoms with E-state index in [0.717, 1.165) is 25.9 Å². The van der Waals surface area contributed by atoms with E-state index >= 15 is 0 Å². The predicted octanol–water partition coefficient (Wildman–Crippen LogP) is 4.75. The Morgan fingerprint density at radius 3 is 2.24 bits per heavy atom. The van der Waals surface area contributed by atoms with E-state index < -0.39 is 0 Å². The fourth-order valence-corrected chi connectivity index (χ4v) is 4.87. The number of amides is 2. The summed E-state index contributed by atoms with van der Waals surface area (Å²) >= 11 is 0. The van der Waals surface area contributed by atoms with Crippen LogP contribution in [0.15, 0.2) is 54.2 Å². The third kappa shape index (κ3) is 4.47. The number of piperidine rings is 1. The van der Waals surface area contributed by atoms with Crippen LogP contribution in [0.5, 0.6) is 11.5 Å². The van der Waals surface area contributed by atoms with Gasteiger partial charge in [0.1, 0.15) is 17.2 Å². The summed E-state index contributed by atoms with van der Waals surface area (Å²) in [6, 6.07) is 14.6. The van der Waals surface area contributed by atoms with Crippen molar-refractivity contribution < 1.29 is 19.1 Å². The van der Waals surface area contributed by atoms with Gasteiger partial charge >= 0.3 is 0 Å². The van der Waals surface area contributed by atoms with Crippen molar-refractivity contribution in [2.24, 2.45) is 11.8 Å². The van der Waals surface area contributed by atoms with Crippen LogP contribution in [0.1, 0.15) is 39.2 Å². The van der Waals surface area contributed by atoms with E-state index in [1.807, 2.05) is 49.4 Å². The molecule has 2 unspecified atom stereocenters. The van der Waals surface area contributed by atoms with Crippen LogP contribution < -0.4 is 14.4 Å². The Labute approximate surface area is 195 Å². The number of carbonyl (C=O) groups is 2. The summed E-state index contributed by atoms with van der Waals surface area (Å²) in [5.74, 6) is 1.51. The molecule has 2 atom stereocenters. The average Bonchev–Trinajstić information content (AvgIpc) is 3.07. The molecule has 1 fully saturated rings. The van der Waals surface area contributed by atoms with E-state index in [1.54, 1.807) is 13.2 Å². The first-order valence-corrected chi connectivity index (χ1v) is 11.7. The molecule has 2 aromatic carbocycles. The van der Waals surface area contributed by atoms with Crippen LogP contribution in [0.25, 0.3) is 5.57 Å². The Morgan fingerprint density at radius 2 is 1.61 bits per heavy atom. The second-order valence-corrected chi connectivity index (χ2v) is 9.07. The van der Waals surface area contributed by atoms with Crippen molar-refractivity contribution in [2.75, 3.05) is 31.7 Å². The molecular formula is C27H32N2O4. The van der Waals surface area contributed by atoms with Crippen LogP contribution in [-0.4, -0.2) is 43.5 Å². The summed E-state index contributed by atoms with van der Waals surface area (Å²) in [6.07, 6.45) is 1.95. The molecular weight excluding hydrogens is 416 g/mol. The standard InChI is InChI=1S/C27H32N2O4/c1-5-14-33-23-9-7-6-8-22(23)29-26(30)24(20-10-12-21(32-4)13-11-20)25(27(29)31)28-16-18(2)15-19(3)17-28/h6-13,18-19H,5,14-17H2,1-4H3. The number of hydrogen-bond donors (Lipinski definition) is 0. The van der Waals surface area contributed by atoms with Crippen LogP contribution in [0.2, 0.25) is 0 Å². The van der Waals surface area contributed by atoms with E-state index in [9.17, 15) is 9.59 Å². The van der Waals surface area contributed by atoms with Gasteiger partial charge in [-0.1, -0.05) is 45.0 Å². The molecule has 0 aromatic heterocycles. The van der Waals surface area contributed by atoms with E-state index in [4.69, 9.17) is 9.47 Å². The number of ether oxygens (including phenoxy) is 2. The zero-order valence-electron chi connectivity index (χ0n) is 19.8. The number of hydrogen-bond acceptors (Lipinski definition) is 5. The maximum Gasteiger partial charge on any atom is 0.282 e. The van der Waals surface area contributed by atoms with Crippen LogP contribution >= 0.6 is 0 Å². The highest BCUT2D eigenvalue weighted by atomic mass is 16.5. The Kier molecular flexibility index (Phi) is 6.72. The zero-order chi connectivity index (χ0) is 23.5. The number of imide groups is 1. The fourth-order valence-electron chi connectivity index (χ4n) is 4.87. The maximum absolute atomic E-state index is 13.9. The number of carbonyl (C=O) groups excluding carboxylic acids is 2. The lowest BCUT2D eigenvalue weighted by molar-refractivity contribution is -0.120. The molecule has 6 nitrogen and oxygen atoms in total. The summed E-state index contributed by atoms with van der Waals surface area (Å²) in [6.45, 7) is 8.43. The topological polar surface area (TPSA) is 59.1 Å². The Morgan fingerprint density at radius 1 is 0.939 bits per heavy atom. The zero-order valence-corrected chi connectivity index (χ0v) is 19.8. The number of anilines is 1. The fraction of sp³-hybridized carbons (Fsp3) is 0.407. The lowest BCUT2D eigenvalue weighted by Gasteiger charge is -2.37. The first-order chi connectivity index (χ1) is 15.9. The van der Waals surface area contributed by atoms with Gasteiger partial charge in [0, 0.05) is 13.1 Å². The van der Waals surface area contributed by atoms with E-state index in [-0.39, 0.29) is 11.8 Å². The summed E-state index contributed by atoms with van der Waals surface area (Å²) in [4.78, 5) is 31.1. The average molecular weight is 449 g/mol. The lowest BCUT2D eigenvalue weighted by atomic mass is 9.91. The van der Waals surface area contributed by atoms with Crippen molar-refractivity contribution in [3.8, 4) is 11.5 Å². The summed E-state index contributed by atoms with van der Waals surface area (Å²) in [5, 5.41) is 0. The molecule has 33 heavy (non-hydrogen) atoms. The van der Waals surface area contributed by atoms with Crippen molar-refractivity contribution in [3.05, 3.63) is 59.8 Å². The number of nitrogens with zero attached hydrogens (tertiary/aromatic N) is 2. The van der Waals surface area contributed by atoms with Gasteiger partial charge in [0.15, 0.2) is 0 Å². The normalized spacial score (nSPS) is 21.1. The third-order valence-corrected chi connectivity index (χ3v) is 6.19. The van der Waals surface area contributed by atoms with Gasteiger partial charge < -0.3 is 14.4 Å². The molecule has 2 amide bonds. The number of benzene rings is 2. The minimum atomic E-state index is -0.321. The smallest absolute Gasteiger partial charge is 0.282 e. The first kappa shape index (κ1) is 22.9. The minimum absolute atomic E-state index is 0.292. The maximum atomic E-state index is 13.9. The molecule has 4 rings (SSSR count). The molecule has 0 radical (unpaired) electrons. The SMILES string of the molecule is CCCOc1ccccc1N1C(=O)C(c2ccc(OC)cc2)=C(N2CC(C)CC(C)C2)C1=O. The Bertz CT molecular complexity index is 1050. The molecule has 6 heteroatoms. The second kappa shape index (κ2) is 9.69. The molecule has 0 spiro atoms. The third-order valence-electron chi connectivity index (χ3n) is 6.19. The molecule has 0 saturated carbocycles. The van der Waals surface area contributed by atoms with Crippen LogP contribution in [-0.2, 0) is 9.59 Å². The lowest BCUT2D eigenvalue weighted by Crippen LogP contribution is -2.42. The van der Waals surface area contributed by atoms with Gasteiger partial charge in [-0.15, -0.1) is 0 Å². The number of methoxy groups -OCH3 is 1. The highest BCUT2D eigenvalue weighted by Crippen LogP contribution is 2.40. The van der Waals surface area contributed by atoms with Crippen LogP contribution in [0.3, 0.4) is 0 Å². The number of likely N-dealkylation sites (tertiary alicyclic amines) is 1. The monoisotopic (exact) mass is 448 g/mol. The van der Waals surface area contributed by atoms with Crippen molar-refractivity contribution in [1.82, 2.24) is 4.90 Å². The minimum Gasteiger partial charge on any atom is -0.497 e. The van der Waals surface area contributed by atoms with E-state index in [0.29, 0.717) is 52.5 Å². The largest absolute Gasteiger partial charge is 0.497 e. The van der Waals surface area contributed by atoms with Gasteiger partial charge in [-0.3, -0.25) is 9.59 Å². The van der Waals surface area contributed by atoms with Crippen molar-refractivity contribution >= 4 is 23.1 Å². The van der Waals surface area contributed by atoms with Gasteiger partial charge in [0.25, 0.3) is 11.8 Å². The predicted molar refractivity (Wildman–Crippen MR) is 129 cm³/mol. The quantitative estimate of drug-likeness (QED) is 0.573. The molecule has 2 heterocycles.